The molecule has 1 N–H and O–H groups in total. The van der Waals surface area contributed by atoms with Crippen molar-refractivity contribution in [2.45, 2.75) is 6.04 Å². The van der Waals surface area contributed by atoms with Crippen LogP contribution in [-0.2, 0) is 9.59 Å². The van der Waals surface area contributed by atoms with Gasteiger partial charge in [0, 0.05) is 10.7 Å². The lowest BCUT2D eigenvalue weighted by Crippen LogP contribution is -2.29. The van der Waals surface area contributed by atoms with Gasteiger partial charge in [0.05, 0.1) is 24.5 Å². The predicted octanol–water partition coefficient (Wildman–Crippen LogP) is 4.71. The first-order chi connectivity index (χ1) is 14.4. The Bertz CT molecular complexity index is 1170. The van der Waals surface area contributed by atoms with E-state index in [4.69, 9.17) is 20.8 Å². The zero-order valence-corrected chi connectivity index (χ0v) is 16.4. The number of nitrogens with zero attached hydrogens (tertiary/aromatic N) is 1. The van der Waals surface area contributed by atoms with Crippen LogP contribution in [0.4, 0.5) is 10.1 Å². The van der Waals surface area contributed by atoms with Gasteiger partial charge in [0.25, 0.3) is 11.7 Å². The summed E-state index contributed by atoms with van der Waals surface area (Å²) in [6, 6.07) is 12.0. The minimum absolute atomic E-state index is 0.0573. The van der Waals surface area contributed by atoms with Gasteiger partial charge in [-0.15, -0.1) is 0 Å². The molecule has 1 fully saturated rings. The lowest BCUT2D eigenvalue weighted by atomic mass is 9.98. The fourth-order valence-corrected chi connectivity index (χ4v) is 3.64. The molecule has 30 heavy (non-hydrogen) atoms. The standard InChI is InChI=1S/C22H15ClFNO5/c1-29-16-8-7-13(24)11-15(16)20(26)18-19(17-6-3-9-30-17)25(22(28)21(18)27)14-5-2-4-12(23)10-14/h2-11,19,26H,1H3/b20-18-. The number of hydrogen-bond acceptors (Lipinski definition) is 5. The molecule has 8 heteroatoms. The molecule has 0 aliphatic carbocycles. The van der Waals surface area contributed by atoms with Crippen LogP contribution in [0.2, 0.25) is 5.02 Å². The highest BCUT2D eigenvalue weighted by molar-refractivity contribution is 6.51. The van der Waals surface area contributed by atoms with Crippen molar-refractivity contribution in [1.29, 1.82) is 0 Å². The van der Waals surface area contributed by atoms with E-state index >= 15 is 0 Å². The topological polar surface area (TPSA) is 80.0 Å². The largest absolute Gasteiger partial charge is 0.507 e. The van der Waals surface area contributed by atoms with Crippen LogP contribution >= 0.6 is 11.6 Å². The number of anilines is 1. The number of amides is 1. The molecule has 0 spiro atoms. The van der Waals surface area contributed by atoms with Crippen molar-refractivity contribution >= 4 is 34.7 Å². The first kappa shape index (κ1) is 19.7. The molecule has 0 bridgehead atoms. The van der Waals surface area contributed by atoms with Crippen molar-refractivity contribution in [2.75, 3.05) is 12.0 Å². The number of rotatable bonds is 4. The summed E-state index contributed by atoms with van der Waals surface area (Å²) in [5.41, 5.74) is 0.0354. The molecule has 6 nitrogen and oxygen atoms in total. The van der Waals surface area contributed by atoms with E-state index in [1.165, 1.54) is 30.4 Å². The summed E-state index contributed by atoms with van der Waals surface area (Å²) in [4.78, 5) is 27.1. The number of carbonyl (C=O) groups excluding carboxylic acids is 2. The Hall–Kier alpha value is -3.58. The number of halogens is 2. The number of carbonyl (C=O) groups is 2. The van der Waals surface area contributed by atoms with Crippen molar-refractivity contribution in [3.63, 3.8) is 0 Å². The summed E-state index contributed by atoms with van der Waals surface area (Å²) < 4.78 is 24.5. The third-order valence-electron chi connectivity index (χ3n) is 4.76. The Morgan fingerprint density at radius 1 is 1.17 bits per heavy atom. The van der Waals surface area contributed by atoms with Crippen molar-refractivity contribution in [2.24, 2.45) is 0 Å². The molecular formula is C22H15ClFNO5. The lowest BCUT2D eigenvalue weighted by Gasteiger charge is -2.23. The van der Waals surface area contributed by atoms with Crippen LogP contribution in [0.1, 0.15) is 17.4 Å². The number of methoxy groups -OCH3 is 1. The smallest absolute Gasteiger partial charge is 0.300 e. The van der Waals surface area contributed by atoms with E-state index in [9.17, 15) is 19.1 Å². The molecule has 2 heterocycles. The number of Topliss-reactive ketones (excluding diaryl/α,β-unsaturated/α-hetero) is 1. The van der Waals surface area contributed by atoms with Gasteiger partial charge < -0.3 is 14.3 Å². The Labute approximate surface area is 175 Å². The summed E-state index contributed by atoms with van der Waals surface area (Å²) in [6.07, 6.45) is 1.39. The van der Waals surface area contributed by atoms with Crippen molar-refractivity contribution in [3.8, 4) is 5.75 Å². The molecule has 1 aromatic heterocycles. The van der Waals surface area contributed by atoms with E-state index < -0.39 is 29.3 Å². The van der Waals surface area contributed by atoms with Gasteiger partial charge in [0.2, 0.25) is 0 Å². The molecule has 152 valence electrons. The van der Waals surface area contributed by atoms with E-state index in [2.05, 4.69) is 0 Å². The second kappa shape index (κ2) is 7.68. The second-order valence-electron chi connectivity index (χ2n) is 6.51. The molecule has 1 atom stereocenters. The highest BCUT2D eigenvalue weighted by Crippen LogP contribution is 2.43. The Morgan fingerprint density at radius 2 is 1.97 bits per heavy atom. The van der Waals surface area contributed by atoms with E-state index in [1.54, 1.807) is 30.3 Å². The summed E-state index contributed by atoms with van der Waals surface area (Å²) in [6.45, 7) is 0. The second-order valence-corrected chi connectivity index (χ2v) is 6.95. The average Bonchev–Trinajstić information content (AvgIpc) is 3.34. The summed E-state index contributed by atoms with van der Waals surface area (Å²) in [5, 5.41) is 11.4. The van der Waals surface area contributed by atoms with Gasteiger partial charge in [0.1, 0.15) is 29.1 Å². The monoisotopic (exact) mass is 427 g/mol. The summed E-state index contributed by atoms with van der Waals surface area (Å²) in [5.74, 6) is -2.66. The predicted molar refractivity (Wildman–Crippen MR) is 108 cm³/mol. The van der Waals surface area contributed by atoms with Crippen LogP contribution in [0.3, 0.4) is 0 Å². The first-order valence-corrected chi connectivity index (χ1v) is 9.24. The lowest BCUT2D eigenvalue weighted by molar-refractivity contribution is -0.132. The van der Waals surface area contributed by atoms with E-state index in [1.807, 2.05) is 0 Å². The Morgan fingerprint density at radius 3 is 2.63 bits per heavy atom. The quantitative estimate of drug-likeness (QED) is 0.370. The maximum absolute atomic E-state index is 13.9. The fourth-order valence-electron chi connectivity index (χ4n) is 3.45. The first-order valence-electron chi connectivity index (χ1n) is 8.86. The normalized spacial score (nSPS) is 18.1. The van der Waals surface area contributed by atoms with E-state index in [0.717, 1.165) is 12.1 Å². The fraction of sp³-hybridized carbons (Fsp3) is 0.0909. The number of aliphatic hydroxyl groups excluding tert-OH is 1. The number of ketones is 1. The zero-order chi connectivity index (χ0) is 21.4. The molecule has 1 aliphatic heterocycles. The molecule has 1 saturated heterocycles. The van der Waals surface area contributed by atoms with Gasteiger partial charge >= 0.3 is 0 Å². The number of aliphatic hydroxyl groups is 1. The summed E-state index contributed by atoms with van der Waals surface area (Å²) in [7, 11) is 1.35. The molecule has 1 aliphatic rings. The van der Waals surface area contributed by atoms with Gasteiger partial charge in [-0.3, -0.25) is 14.5 Å². The van der Waals surface area contributed by atoms with Crippen LogP contribution in [0.25, 0.3) is 5.76 Å². The third-order valence-corrected chi connectivity index (χ3v) is 5.00. The van der Waals surface area contributed by atoms with Crippen molar-refractivity contribution < 1.29 is 28.2 Å². The summed E-state index contributed by atoms with van der Waals surface area (Å²) >= 11 is 6.07. The maximum Gasteiger partial charge on any atom is 0.300 e. The number of furan rings is 1. The number of ether oxygens (including phenoxy) is 1. The van der Waals surface area contributed by atoms with Gasteiger partial charge in [-0.25, -0.2) is 4.39 Å². The van der Waals surface area contributed by atoms with Gasteiger partial charge in [-0.1, -0.05) is 17.7 Å². The molecule has 4 rings (SSSR count). The van der Waals surface area contributed by atoms with Crippen LogP contribution in [-0.4, -0.2) is 23.9 Å². The SMILES string of the molecule is COc1ccc(F)cc1/C(O)=C1/C(=O)C(=O)N(c2cccc(Cl)c2)C1c1ccco1. The number of hydrogen-bond donors (Lipinski definition) is 1. The van der Waals surface area contributed by atoms with Crippen LogP contribution in [0, 0.1) is 5.82 Å². The van der Waals surface area contributed by atoms with E-state index in [-0.39, 0.29) is 22.6 Å². The molecule has 2 aromatic carbocycles. The van der Waals surface area contributed by atoms with Crippen LogP contribution < -0.4 is 9.64 Å². The minimum atomic E-state index is -1.08. The van der Waals surface area contributed by atoms with Crippen molar-refractivity contribution in [3.05, 3.63) is 88.6 Å². The van der Waals surface area contributed by atoms with Gasteiger partial charge in [-0.05, 0) is 48.5 Å². The Kier molecular flexibility index (Phi) is 5.05. The van der Waals surface area contributed by atoms with Crippen LogP contribution in [0.5, 0.6) is 5.75 Å². The van der Waals surface area contributed by atoms with Crippen molar-refractivity contribution in [1.82, 2.24) is 0 Å². The molecule has 1 amide bonds. The van der Waals surface area contributed by atoms with Crippen LogP contribution in [0.15, 0.2) is 70.9 Å². The van der Waals surface area contributed by atoms with Gasteiger partial charge in [0.15, 0.2) is 0 Å². The molecule has 0 saturated carbocycles. The molecule has 0 radical (unpaired) electrons. The molecular weight excluding hydrogens is 413 g/mol. The molecule has 3 aromatic rings. The number of benzene rings is 2. The average molecular weight is 428 g/mol. The third kappa shape index (κ3) is 3.23. The Balaban J connectivity index is 1.97. The maximum atomic E-state index is 13.9. The zero-order valence-electron chi connectivity index (χ0n) is 15.6. The molecule has 1 unspecified atom stereocenters. The minimum Gasteiger partial charge on any atom is -0.507 e. The van der Waals surface area contributed by atoms with E-state index in [0.29, 0.717) is 10.7 Å². The highest BCUT2D eigenvalue weighted by Gasteiger charge is 2.48. The highest BCUT2D eigenvalue weighted by atomic mass is 35.5. The van der Waals surface area contributed by atoms with Gasteiger partial charge in [-0.2, -0.15) is 0 Å².